The number of nitrogens with two attached hydrogens (primary N) is 1. The van der Waals surface area contributed by atoms with Crippen LogP contribution in [0.2, 0.25) is 0 Å². The summed E-state index contributed by atoms with van der Waals surface area (Å²) in [6.45, 7) is 0.259. The van der Waals surface area contributed by atoms with Crippen molar-refractivity contribution < 1.29 is 14.3 Å². The molecule has 0 aliphatic heterocycles. The molecule has 0 aromatic heterocycles. The van der Waals surface area contributed by atoms with Gasteiger partial charge < -0.3 is 21.1 Å². The number of ether oxygens (including phenoxy) is 1. The molecule has 0 heterocycles. The lowest BCUT2D eigenvalue weighted by Crippen LogP contribution is -2.19. The van der Waals surface area contributed by atoms with Crippen LogP contribution in [0.1, 0.15) is 18.4 Å². The number of rotatable bonds is 8. The summed E-state index contributed by atoms with van der Waals surface area (Å²) in [6.07, 6.45) is 1.21. The fourth-order valence-electron chi connectivity index (χ4n) is 2.32. The molecule has 2 aromatic carbocycles. The fraction of sp³-hybridized carbons (Fsp3) is 0.263. The Labute approximate surface area is 147 Å². The van der Waals surface area contributed by atoms with E-state index in [-0.39, 0.29) is 24.8 Å². The van der Waals surface area contributed by atoms with Crippen LogP contribution in [0, 0.1) is 0 Å². The highest BCUT2D eigenvalue weighted by Crippen LogP contribution is 2.27. The monoisotopic (exact) mass is 341 g/mol. The summed E-state index contributed by atoms with van der Waals surface area (Å²) in [7, 11) is 1.54. The number of hydrogen-bond acceptors (Lipinski definition) is 4. The zero-order chi connectivity index (χ0) is 18.1. The summed E-state index contributed by atoms with van der Waals surface area (Å²) in [5, 5.41) is 5.59. The van der Waals surface area contributed by atoms with Crippen LogP contribution in [0.3, 0.4) is 0 Å². The van der Waals surface area contributed by atoms with Gasteiger partial charge in [0.2, 0.25) is 11.8 Å². The zero-order valence-corrected chi connectivity index (χ0v) is 14.2. The first-order valence-corrected chi connectivity index (χ1v) is 8.14. The number of methoxy groups -OCH3 is 1. The van der Waals surface area contributed by atoms with E-state index in [9.17, 15) is 9.59 Å². The molecule has 0 aliphatic rings. The van der Waals surface area contributed by atoms with Crippen LogP contribution >= 0.6 is 0 Å². The molecule has 0 saturated carbocycles. The summed E-state index contributed by atoms with van der Waals surface area (Å²) in [5.41, 5.74) is 7.52. The highest BCUT2D eigenvalue weighted by atomic mass is 16.5. The molecule has 6 nitrogen and oxygen atoms in total. The van der Waals surface area contributed by atoms with Crippen LogP contribution < -0.4 is 21.1 Å². The van der Waals surface area contributed by atoms with Crippen molar-refractivity contribution in [2.45, 2.75) is 19.3 Å². The average molecular weight is 341 g/mol. The van der Waals surface area contributed by atoms with E-state index in [1.807, 2.05) is 30.3 Å². The van der Waals surface area contributed by atoms with Gasteiger partial charge in [-0.3, -0.25) is 9.59 Å². The molecule has 0 spiro atoms. The number of hydrogen-bond donors (Lipinski definition) is 3. The Kier molecular flexibility index (Phi) is 6.98. The first-order chi connectivity index (χ1) is 12.1. The van der Waals surface area contributed by atoms with Crippen molar-refractivity contribution in [3.8, 4) is 5.75 Å². The van der Waals surface area contributed by atoms with Gasteiger partial charge in [0.05, 0.1) is 18.5 Å². The summed E-state index contributed by atoms with van der Waals surface area (Å²) in [4.78, 5) is 24.0. The molecular formula is C19H23N3O3. The third kappa shape index (κ3) is 5.93. The van der Waals surface area contributed by atoms with Gasteiger partial charge in [-0.05, 0) is 24.1 Å². The minimum Gasteiger partial charge on any atom is -0.497 e. The van der Waals surface area contributed by atoms with Gasteiger partial charge in [-0.2, -0.15) is 0 Å². The molecule has 0 radical (unpaired) electrons. The normalized spacial score (nSPS) is 10.2. The summed E-state index contributed by atoms with van der Waals surface area (Å²) < 4.78 is 5.17. The maximum Gasteiger partial charge on any atom is 0.225 e. The molecule has 0 saturated heterocycles. The van der Waals surface area contributed by atoms with Crippen LogP contribution in [0.15, 0.2) is 48.5 Å². The molecule has 0 atom stereocenters. The number of amides is 2. The first-order valence-electron chi connectivity index (χ1n) is 8.14. The predicted octanol–water partition coefficient (Wildman–Crippen LogP) is 2.55. The van der Waals surface area contributed by atoms with Gasteiger partial charge in [0.1, 0.15) is 5.75 Å². The van der Waals surface area contributed by atoms with E-state index in [0.717, 1.165) is 5.56 Å². The molecule has 2 rings (SSSR count). The minimum atomic E-state index is -0.212. The second-order valence-electron chi connectivity index (χ2n) is 5.53. The lowest BCUT2D eigenvalue weighted by molar-refractivity contribution is -0.117. The Balaban J connectivity index is 2.03. The Bertz CT molecular complexity index is 717. The molecule has 0 fully saturated rings. The molecule has 6 heteroatoms. The molecule has 25 heavy (non-hydrogen) atoms. The lowest BCUT2D eigenvalue weighted by Gasteiger charge is -2.14. The van der Waals surface area contributed by atoms with Gasteiger partial charge in [0.15, 0.2) is 0 Å². The standard InChI is InChI=1S/C19H23N3O3/c1-25-15-8-9-16(17(13-15)22-19(24)11-12-20)21-18(23)10-7-14-5-3-2-4-6-14/h2-6,8-9,13H,7,10-12,20H2,1H3,(H,21,23)(H,22,24). The molecule has 4 N–H and O–H groups in total. The second-order valence-corrected chi connectivity index (χ2v) is 5.53. The quantitative estimate of drug-likeness (QED) is 0.688. The van der Waals surface area contributed by atoms with Crippen molar-refractivity contribution in [3.05, 3.63) is 54.1 Å². The largest absolute Gasteiger partial charge is 0.497 e. The van der Waals surface area contributed by atoms with Crippen molar-refractivity contribution in [2.24, 2.45) is 5.73 Å². The molecule has 2 aromatic rings. The van der Waals surface area contributed by atoms with Crippen LogP contribution in [0.25, 0.3) is 0 Å². The van der Waals surface area contributed by atoms with Crippen LogP contribution in [0.5, 0.6) is 5.75 Å². The topological polar surface area (TPSA) is 93.5 Å². The van der Waals surface area contributed by atoms with Crippen molar-refractivity contribution in [1.82, 2.24) is 0 Å². The SMILES string of the molecule is COc1ccc(NC(=O)CCc2ccccc2)c(NC(=O)CCN)c1. The number of benzene rings is 2. The lowest BCUT2D eigenvalue weighted by atomic mass is 10.1. The number of nitrogens with one attached hydrogen (secondary N) is 2. The number of anilines is 2. The van der Waals surface area contributed by atoms with Gasteiger partial charge in [0.25, 0.3) is 0 Å². The van der Waals surface area contributed by atoms with Crippen LogP contribution in [-0.4, -0.2) is 25.5 Å². The molecule has 132 valence electrons. The smallest absolute Gasteiger partial charge is 0.225 e. The summed E-state index contributed by atoms with van der Waals surface area (Å²) in [5.74, 6) is 0.254. The van der Waals surface area contributed by atoms with E-state index in [4.69, 9.17) is 10.5 Å². The van der Waals surface area contributed by atoms with Crippen LogP contribution in [-0.2, 0) is 16.0 Å². The van der Waals surface area contributed by atoms with Gasteiger partial charge in [-0.25, -0.2) is 0 Å². The van der Waals surface area contributed by atoms with E-state index in [2.05, 4.69) is 10.6 Å². The van der Waals surface area contributed by atoms with Gasteiger partial charge >= 0.3 is 0 Å². The molecule has 0 aliphatic carbocycles. The minimum absolute atomic E-state index is 0.122. The highest BCUT2D eigenvalue weighted by Gasteiger charge is 2.11. The molecule has 2 amide bonds. The van der Waals surface area contributed by atoms with Gasteiger partial charge in [-0.15, -0.1) is 0 Å². The highest BCUT2D eigenvalue weighted by molar-refractivity contribution is 5.99. The fourth-order valence-corrected chi connectivity index (χ4v) is 2.32. The van der Waals surface area contributed by atoms with Gasteiger partial charge in [-0.1, -0.05) is 30.3 Å². The van der Waals surface area contributed by atoms with Gasteiger partial charge in [0, 0.05) is 25.5 Å². The average Bonchev–Trinajstić information content (AvgIpc) is 2.62. The van der Waals surface area contributed by atoms with E-state index in [1.165, 1.54) is 0 Å². The number of carbonyl (C=O) groups is 2. The van der Waals surface area contributed by atoms with E-state index in [0.29, 0.717) is 30.0 Å². The Morgan fingerprint density at radius 2 is 1.64 bits per heavy atom. The molecular weight excluding hydrogens is 318 g/mol. The third-order valence-electron chi connectivity index (χ3n) is 3.63. The van der Waals surface area contributed by atoms with E-state index in [1.54, 1.807) is 25.3 Å². The van der Waals surface area contributed by atoms with Crippen molar-refractivity contribution in [1.29, 1.82) is 0 Å². The summed E-state index contributed by atoms with van der Waals surface area (Å²) >= 11 is 0. The summed E-state index contributed by atoms with van der Waals surface area (Å²) in [6, 6.07) is 14.9. The zero-order valence-electron chi connectivity index (χ0n) is 14.2. The third-order valence-corrected chi connectivity index (χ3v) is 3.63. The number of aryl methyl sites for hydroxylation is 1. The van der Waals surface area contributed by atoms with Crippen molar-refractivity contribution in [2.75, 3.05) is 24.3 Å². The second kappa shape index (κ2) is 9.44. The molecule has 0 unspecified atom stereocenters. The van der Waals surface area contributed by atoms with E-state index >= 15 is 0 Å². The van der Waals surface area contributed by atoms with Crippen molar-refractivity contribution >= 4 is 23.2 Å². The Morgan fingerprint density at radius 1 is 0.960 bits per heavy atom. The molecule has 0 bridgehead atoms. The van der Waals surface area contributed by atoms with Crippen molar-refractivity contribution in [3.63, 3.8) is 0 Å². The van der Waals surface area contributed by atoms with E-state index < -0.39 is 0 Å². The maximum absolute atomic E-state index is 12.2. The Hall–Kier alpha value is -2.86. The predicted molar refractivity (Wildman–Crippen MR) is 98.7 cm³/mol. The first kappa shape index (κ1) is 18.5. The Morgan fingerprint density at radius 3 is 2.32 bits per heavy atom. The number of carbonyl (C=O) groups excluding carboxylic acids is 2. The van der Waals surface area contributed by atoms with Crippen LogP contribution in [0.4, 0.5) is 11.4 Å². The maximum atomic E-state index is 12.2.